The van der Waals surface area contributed by atoms with Crippen LogP contribution < -0.4 is 5.32 Å². The molecule has 1 aromatic heterocycles. The summed E-state index contributed by atoms with van der Waals surface area (Å²) < 4.78 is 2.54. The topological polar surface area (TPSA) is 42.7 Å². The highest BCUT2D eigenvalue weighted by molar-refractivity contribution is 9.10. The molecule has 0 saturated carbocycles. The van der Waals surface area contributed by atoms with Gasteiger partial charge in [0.25, 0.3) is 0 Å². The Hall–Kier alpha value is -1.20. The molecular weight excluding hydrogens is 280 g/mol. The fourth-order valence-electron chi connectivity index (χ4n) is 1.76. The summed E-state index contributed by atoms with van der Waals surface area (Å²) in [5.74, 6) is 0. The molecule has 0 aliphatic heterocycles. The molecule has 0 radical (unpaired) electrons. The van der Waals surface area contributed by atoms with Gasteiger partial charge in [-0.2, -0.15) is 0 Å². The molecule has 0 fully saturated rings. The first-order chi connectivity index (χ1) is 8.13. The van der Waals surface area contributed by atoms with Gasteiger partial charge in [0.05, 0.1) is 0 Å². The molecule has 1 aromatic carbocycles. The van der Waals surface area contributed by atoms with Gasteiger partial charge in [0, 0.05) is 18.7 Å². The number of rotatable bonds is 3. The fraction of sp³-hybridized carbons (Fsp3) is 0.333. The van der Waals surface area contributed by atoms with E-state index in [1.165, 1.54) is 5.56 Å². The molecule has 0 aliphatic carbocycles. The van der Waals surface area contributed by atoms with Crippen molar-refractivity contribution >= 4 is 15.9 Å². The van der Waals surface area contributed by atoms with Gasteiger partial charge < -0.3 is 5.32 Å². The van der Waals surface area contributed by atoms with Crippen molar-refractivity contribution in [3.8, 4) is 11.3 Å². The second-order valence-corrected chi connectivity index (χ2v) is 4.74. The summed E-state index contributed by atoms with van der Waals surface area (Å²) in [5, 5.41) is 11.2. The summed E-state index contributed by atoms with van der Waals surface area (Å²) in [6.07, 6.45) is 0. The Labute approximate surface area is 109 Å². The molecule has 90 valence electrons. The van der Waals surface area contributed by atoms with Gasteiger partial charge in [0.1, 0.15) is 5.69 Å². The maximum Gasteiger partial charge on any atom is 0.156 e. The first-order valence-corrected chi connectivity index (χ1v) is 6.25. The quantitative estimate of drug-likeness (QED) is 0.946. The third-order valence-electron chi connectivity index (χ3n) is 2.88. The molecule has 5 heteroatoms. The van der Waals surface area contributed by atoms with Gasteiger partial charge in [0.15, 0.2) is 4.60 Å². The van der Waals surface area contributed by atoms with Gasteiger partial charge in [-0.3, -0.25) is 0 Å². The molecule has 2 rings (SSSR count). The molecule has 4 nitrogen and oxygen atoms in total. The number of aryl methyl sites for hydroxylation is 1. The van der Waals surface area contributed by atoms with Crippen LogP contribution in [0.1, 0.15) is 18.5 Å². The zero-order chi connectivity index (χ0) is 12.4. The number of aromatic nitrogens is 3. The van der Waals surface area contributed by atoms with Crippen molar-refractivity contribution in [2.75, 3.05) is 7.05 Å². The SMILES string of the molecule is CNC(C)c1cccc(-c2c(Br)nnn2C)c1. The molecule has 0 amide bonds. The van der Waals surface area contributed by atoms with Crippen LogP contribution in [0.15, 0.2) is 28.9 Å². The summed E-state index contributed by atoms with van der Waals surface area (Å²) in [5.41, 5.74) is 3.36. The number of benzene rings is 1. The summed E-state index contributed by atoms with van der Waals surface area (Å²) in [6, 6.07) is 8.72. The van der Waals surface area contributed by atoms with Crippen molar-refractivity contribution in [2.24, 2.45) is 7.05 Å². The van der Waals surface area contributed by atoms with E-state index < -0.39 is 0 Å². The van der Waals surface area contributed by atoms with Crippen LogP contribution in [0.5, 0.6) is 0 Å². The minimum absolute atomic E-state index is 0.329. The first kappa shape index (κ1) is 12.3. The minimum Gasteiger partial charge on any atom is -0.313 e. The van der Waals surface area contributed by atoms with Crippen molar-refractivity contribution in [1.82, 2.24) is 20.3 Å². The van der Waals surface area contributed by atoms with E-state index in [9.17, 15) is 0 Å². The van der Waals surface area contributed by atoms with E-state index in [0.29, 0.717) is 6.04 Å². The van der Waals surface area contributed by atoms with Crippen LogP contribution in [-0.4, -0.2) is 22.0 Å². The highest BCUT2D eigenvalue weighted by Gasteiger charge is 2.11. The zero-order valence-electron chi connectivity index (χ0n) is 10.1. The Morgan fingerprint density at radius 2 is 2.18 bits per heavy atom. The summed E-state index contributed by atoms with van der Waals surface area (Å²) >= 11 is 3.42. The van der Waals surface area contributed by atoms with Crippen LogP contribution >= 0.6 is 15.9 Å². The van der Waals surface area contributed by atoms with Crippen molar-refractivity contribution in [2.45, 2.75) is 13.0 Å². The van der Waals surface area contributed by atoms with Crippen LogP contribution in [0.2, 0.25) is 0 Å². The molecule has 0 saturated heterocycles. The van der Waals surface area contributed by atoms with E-state index in [0.717, 1.165) is 15.9 Å². The molecule has 2 aromatic rings. The lowest BCUT2D eigenvalue weighted by molar-refractivity contribution is 0.652. The molecular formula is C12H15BrN4. The molecule has 17 heavy (non-hydrogen) atoms. The van der Waals surface area contributed by atoms with Gasteiger partial charge >= 0.3 is 0 Å². The van der Waals surface area contributed by atoms with E-state index in [1.807, 2.05) is 14.1 Å². The number of hydrogen-bond donors (Lipinski definition) is 1. The predicted molar refractivity (Wildman–Crippen MR) is 71.6 cm³/mol. The normalized spacial score (nSPS) is 12.7. The van der Waals surface area contributed by atoms with Gasteiger partial charge in [-0.1, -0.05) is 23.4 Å². The van der Waals surface area contributed by atoms with Crippen LogP contribution in [0, 0.1) is 0 Å². The maximum absolute atomic E-state index is 4.00. The van der Waals surface area contributed by atoms with Crippen molar-refractivity contribution in [3.05, 3.63) is 34.4 Å². The standard InChI is InChI=1S/C12H15BrN4/c1-8(14-2)9-5-4-6-10(7-9)11-12(13)15-16-17(11)3/h4-8,14H,1-3H3. The minimum atomic E-state index is 0.329. The first-order valence-electron chi connectivity index (χ1n) is 5.46. The van der Waals surface area contributed by atoms with Crippen molar-refractivity contribution in [3.63, 3.8) is 0 Å². The van der Waals surface area contributed by atoms with Crippen molar-refractivity contribution < 1.29 is 0 Å². The third kappa shape index (κ3) is 2.40. The second-order valence-electron chi connectivity index (χ2n) is 3.99. The average Bonchev–Trinajstić information content (AvgIpc) is 2.68. The summed E-state index contributed by atoms with van der Waals surface area (Å²) in [7, 11) is 3.85. The van der Waals surface area contributed by atoms with Crippen LogP contribution in [0.4, 0.5) is 0 Å². The maximum atomic E-state index is 4.00. The largest absolute Gasteiger partial charge is 0.313 e. The zero-order valence-corrected chi connectivity index (χ0v) is 11.7. The van der Waals surface area contributed by atoms with Crippen LogP contribution in [0.25, 0.3) is 11.3 Å². The molecule has 0 bridgehead atoms. The Kier molecular flexibility index (Phi) is 3.59. The molecule has 1 unspecified atom stereocenters. The smallest absolute Gasteiger partial charge is 0.156 e. The molecule has 1 N–H and O–H groups in total. The molecule has 0 aliphatic rings. The number of nitrogens with one attached hydrogen (secondary N) is 1. The van der Waals surface area contributed by atoms with E-state index >= 15 is 0 Å². The molecule has 0 spiro atoms. The Morgan fingerprint density at radius 3 is 2.76 bits per heavy atom. The Morgan fingerprint density at radius 1 is 1.41 bits per heavy atom. The molecule has 1 heterocycles. The fourth-order valence-corrected chi connectivity index (χ4v) is 2.32. The lowest BCUT2D eigenvalue weighted by Crippen LogP contribution is -2.12. The van der Waals surface area contributed by atoms with Gasteiger partial charge in [-0.05, 0) is 41.5 Å². The third-order valence-corrected chi connectivity index (χ3v) is 3.41. The summed E-state index contributed by atoms with van der Waals surface area (Å²) in [6.45, 7) is 2.13. The van der Waals surface area contributed by atoms with E-state index in [1.54, 1.807) is 4.68 Å². The van der Waals surface area contributed by atoms with Crippen LogP contribution in [-0.2, 0) is 7.05 Å². The van der Waals surface area contributed by atoms with E-state index in [-0.39, 0.29) is 0 Å². The van der Waals surface area contributed by atoms with E-state index in [2.05, 4.69) is 62.7 Å². The average molecular weight is 295 g/mol. The Balaban J connectivity index is 2.47. The van der Waals surface area contributed by atoms with Gasteiger partial charge in [-0.25, -0.2) is 4.68 Å². The van der Waals surface area contributed by atoms with Crippen molar-refractivity contribution in [1.29, 1.82) is 0 Å². The second kappa shape index (κ2) is 4.98. The highest BCUT2D eigenvalue weighted by Crippen LogP contribution is 2.27. The lowest BCUT2D eigenvalue weighted by Gasteiger charge is -2.12. The number of halogens is 1. The lowest BCUT2D eigenvalue weighted by atomic mass is 10.0. The van der Waals surface area contributed by atoms with Crippen LogP contribution in [0.3, 0.4) is 0 Å². The monoisotopic (exact) mass is 294 g/mol. The van der Waals surface area contributed by atoms with Gasteiger partial charge in [0.2, 0.25) is 0 Å². The van der Waals surface area contributed by atoms with E-state index in [4.69, 9.17) is 0 Å². The predicted octanol–water partition coefficient (Wildman–Crippen LogP) is 2.53. The number of nitrogens with zero attached hydrogens (tertiary/aromatic N) is 3. The van der Waals surface area contributed by atoms with Gasteiger partial charge in [-0.15, -0.1) is 5.10 Å². The number of hydrogen-bond acceptors (Lipinski definition) is 3. The molecule has 1 atom stereocenters. The Bertz CT molecular complexity index is 501. The highest BCUT2D eigenvalue weighted by atomic mass is 79.9. The summed E-state index contributed by atoms with van der Waals surface area (Å²) in [4.78, 5) is 0.